The van der Waals surface area contributed by atoms with Crippen molar-refractivity contribution in [3.8, 4) is 0 Å². The quantitative estimate of drug-likeness (QED) is 0.621. The van der Waals surface area contributed by atoms with Gasteiger partial charge in [-0.05, 0) is 6.07 Å². The fourth-order valence-corrected chi connectivity index (χ4v) is 2.45. The number of nitrogens with zero attached hydrogens (tertiary/aromatic N) is 2. The third kappa shape index (κ3) is 3.23. The molecule has 0 aliphatic carbocycles. The van der Waals surface area contributed by atoms with Crippen LogP contribution >= 0.6 is 0 Å². The van der Waals surface area contributed by atoms with Crippen LogP contribution in [0.15, 0.2) is 23.1 Å². The zero-order chi connectivity index (χ0) is 14.8. The van der Waals surface area contributed by atoms with Gasteiger partial charge in [0.2, 0.25) is 10.0 Å². The second-order valence-electron chi connectivity index (χ2n) is 3.53. The number of benzene rings is 1. The second kappa shape index (κ2) is 5.28. The average Bonchev–Trinajstić information content (AvgIpc) is 2.27. The minimum Gasteiger partial charge on any atom is -0.480 e. The van der Waals surface area contributed by atoms with Crippen molar-refractivity contribution >= 4 is 21.7 Å². The van der Waals surface area contributed by atoms with Gasteiger partial charge in [0.25, 0.3) is 5.69 Å². The maximum atomic E-state index is 13.5. The molecule has 1 aromatic carbocycles. The standard InChI is InChI=1S/C9H9FN2O6S/c1-11(5-9(13)14)19(17,18)8-4-6(12(15)16)2-3-7(8)10/h2-4H,5H2,1H3,(H,13,14). The maximum Gasteiger partial charge on any atom is 0.318 e. The van der Waals surface area contributed by atoms with E-state index in [9.17, 15) is 27.7 Å². The smallest absolute Gasteiger partial charge is 0.318 e. The Hall–Kier alpha value is -2.07. The van der Waals surface area contributed by atoms with Crippen molar-refractivity contribution in [2.45, 2.75) is 4.90 Å². The molecule has 0 aliphatic heterocycles. The summed E-state index contributed by atoms with van der Waals surface area (Å²) in [6, 6.07) is 1.99. The molecule has 1 rings (SSSR count). The van der Waals surface area contributed by atoms with Crippen molar-refractivity contribution < 1.29 is 27.6 Å². The molecule has 0 atom stereocenters. The van der Waals surface area contributed by atoms with Crippen LogP contribution in [0, 0.1) is 15.9 Å². The van der Waals surface area contributed by atoms with Gasteiger partial charge in [0, 0.05) is 19.2 Å². The molecule has 19 heavy (non-hydrogen) atoms. The number of nitro benzene ring substituents is 1. The van der Waals surface area contributed by atoms with Gasteiger partial charge in [0.1, 0.15) is 17.3 Å². The summed E-state index contributed by atoms with van der Waals surface area (Å²) in [6.45, 7) is -0.884. The molecule has 0 amide bonds. The summed E-state index contributed by atoms with van der Waals surface area (Å²) < 4.78 is 37.6. The van der Waals surface area contributed by atoms with Crippen LogP contribution in [0.3, 0.4) is 0 Å². The number of rotatable bonds is 5. The molecule has 0 aliphatic rings. The topological polar surface area (TPSA) is 118 Å². The SMILES string of the molecule is CN(CC(=O)O)S(=O)(=O)c1cc([N+](=O)[O-])ccc1F. The Bertz CT molecular complexity index is 630. The lowest BCUT2D eigenvalue weighted by Crippen LogP contribution is -2.32. The van der Waals surface area contributed by atoms with Gasteiger partial charge < -0.3 is 5.11 Å². The first-order valence-electron chi connectivity index (χ1n) is 4.78. The number of likely N-dealkylation sites (N-methyl/N-ethyl adjacent to an activating group) is 1. The molecule has 0 heterocycles. The van der Waals surface area contributed by atoms with Gasteiger partial charge in [-0.15, -0.1) is 0 Å². The number of carbonyl (C=O) groups is 1. The summed E-state index contributed by atoms with van der Waals surface area (Å²) in [5.41, 5.74) is -0.608. The summed E-state index contributed by atoms with van der Waals surface area (Å²) in [6.07, 6.45) is 0. The zero-order valence-corrected chi connectivity index (χ0v) is 10.4. The monoisotopic (exact) mass is 292 g/mol. The first kappa shape index (κ1) is 15.0. The van der Waals surface area contributed by atoms with E-state index >= 15 is 0 Å². The predicted octanol–water partition coefficient (Wildman–Crippen LogP) is 0.439. The van der Waals surface area contributed by atoms with E-state index in [-0.39, 0.29) is 0 Å². The van der Waals surface area contributed by atoms with Gasteiger partial charge in [-0.25, -0.2) is 12.8 Å². The van der Waals surface area contributed by atoms with Gasteiger partial charge in [0.15, 0.2) is 0 Å². The zero-order valence-electron chi connectivity index (χ0n) is 9.61. The lowest BCUT2D eigenvalue weighted by atomic mass is 10.3. The van der Waals surface area contributed by atoms with Crippen LogP contribution in [0.25, 0.3) is 0 Å². The number of sulfonamides is 1. The second-order valence-corrected chi connectivity index (χ2v) is 5.54. The molecule has 1 N–H and O–H groups in total. The van der Waals surface area contributed by atoms with Crippen molar-refractivity contribution in [1.29, 1.82) is 0 Å². The summed E-state index contributed by atoms with van der Waals surface area (Å²) in [5.74, 6) is -2.63. The summed E-state index contributed by atoms with van der Waals surface area (Å²) in [4.78, 5) is 19.1. The van der Waals surface area contributed by atoms with Crippen LogP contribution in [0.2, 0.25) is 0 Å². The molecule has 8 nitrogen and oxygen atoms in total. The molecule has 0 saturated carbocycles. The summed E-state index contributed by atoms with van der Waals surface area (Å²) >= 11 is 0. The van der Waals surface area contributed by atoms with Gasteiger partial charge in [-0.1, -0.05) is 0 Å². The normalized spacial score (nSPS) is 11.5. The van der Waals surface area contributed by atoms with Gasteiger partial charge in [-0.3, -0.25) is 14.9 Å². The Labute approximate surface area is 107 Å². The molecule has 0 unspecified atom stereocenters. The lowest BCUT2D eigenvalue weighted by molar-refractivity contribution is -0.385. The van der Waals surface area contributed by atoms with Gasteiger partial charge in [0.05, 0.1) is 4.92 Å². The van der Waals surface area contributed by atoms with Crippen molar-refractivity contribution in [2.75, 3.05) is 13.6 Å². The highest BCUT2D eigenvalue weighted by Crippen LogP contribution is 2.23. The van der Waals surface area contributed by atoms with E-state index in [4.69, 9.17) is 5.11 Å². The van der Waals surface area contributed by atoms with E-state index in [1.165, 1.54) is 0 Å². The van der Waals surface area contributed by atoms with Crippen molar-refractivity contribution in [3.05, 3.63) is 34.1 Å². The molecule has 1 aromatic rings. The van der Waals surface area contributed by atoms with Crippen LogP contribution in [-0.2, 0) is 14.8 Å². The molecule has 104 valence electrons. The minimum absolute atomic E-state index is 0.386. The Morgan fingerprint density at radius 3 is 2.58 bits per heavy atom. The number of hydrogen-bond acceptors (Lipinski definition) is 5. The molecule has 0 bridgehead atoms. The first-order chi connectivity index (χ1) is 8.66. The largest absolute Gasteiger partial charge is 0.480 e. The number of carboxylic acid groups (broad SMARTS) is 1. The Kier molecular flexibility index (Phi) is 4.17. The molecule has 0 saturated heterocycles. The molecule has 0 radical (unpaired) electrons. The van der Waals surface area contributed by atoms with E-state index in [2.05, 4.69) is 0 Å². The Balaban J connectivity index is 3.31. The number of nitro groups is 1. The Morgan fingerprint density at radius 2 is 2.11 bits per heavy atom. The highest BCUT2D eigenvalue weighted by Gasteiger charge is 2.28. The van der Waals surface area contributed by atoms with E-state index in [0.29, 0.717) is 16.4 Å². The van der Waals surface area contributed by atoms with Crippen molar-refractivity contribution in [3.63, 3.8) is 0 Å². The molecule has 10 heteroatoms. The van der Waals surface area contributed by atoms with Gasteiger partial charge in [-0.2, -0.15) is 4.31 Å². The molecule has 0 aromatic heterocycles. The van der Waals surface area contributed by atoms with Crippen LogP contribution in [0.1, 0.15) is 0 Å². The fraction of sp³-hybridized carbons (Fsp3) is 0.222. The third-order valence-electron chi connectivity index (χ3n) is 2.17. The summed E-state index contributed by atoms with van der Waals surface area (Å²) in [5, 5.41) is 19.0. The molecular formula is C9H9FN2O6S. The number of non-ortho nitro benzene ring substituents is 1. The first-order valence-corrected chi connectivity index (χ1v) is 6.22. The van der Waals surface area contributed by atoms with Crippen molar-refractivity contribution in [2.24, 2.45) is 0 Å². The maximum absolute atomic E-state index is 13.5. The van der Waals surface area contributed by atoms with Crippen LogP contribution in [-0.4, -0.2) is 42.3 Å². The highest BCUT2D eigenvalue weighted by atomic mass is 32.2. The van der Waals surface area contributed by atoms with E-state index < -0.39 is 43.9 Å². The molecule has 0 spiro atoms. The predicted molar refractivity (Wildman–Crippen MR) is 60.5 cm³/mol. The average molecular weight is 292 g/mol. The Morgan fingerprint density at radius 1 is 1.53 bits per heavy atom. The lowest BCUT2D eigenvalue weighted by Gasteiger charge is -2.15. The number of hydrogen-bond donors (Lipinski definition) is 1. The van der Waals surface area contributed by atoms with Crippen molar-refractivity contribution in [1.82, 2.24) is 4.31 Å². The summed E-state index contributed by atoms with van der Waals surface area (Å²) in [7, 11) is -3.52. The van der Waals surface area contributed by atoms with E-state index in [1.54, 1.807) is 0 Å². The van der Waals surface area contributed by atoms with Crippen LogP contribution in [0.4, 0.5) is 10.1 Å². The number of carboxylic acids is 1. The minimum atomic E-state index is -4.45. The van der Waals surface area contributed by atoms with Crippen LogP contribution < -0.4 is 0 Å². The fourth-order valence-electron chi connectivity index (χ4n) is 1.25. The van der Waals surface area contributed by atoms with E-state index in [0.717, 1.165) is 13.1 Å². The van der Waals surface area contributed by atoms with Crippen LogP contribution in [0.5, 0.6) is 0 Å². The molecule has 0 fully saturated rings. The van der Waals surface area contributed by atoms with E-state index in [1.807, 2.05) is 0 Å². The molecular weight excluding hydrogens is 283 g/mol. The van der Waals surface area contributed by atoms with Gasteiger partial charge >= 0.3 is 5.97 Å². The third-order valence-corrected chi connectivity index (χ3v) is 3.99. The number of aliphatic carboxylic acids is 1. The highest BCUT2D eigenvalue weighted by molar-refractivity contribution is 7.89. The number of halogens is 1.